The second-order valence-corrected chi connectivity index (χ2v) is 8.06. The van der Waals surface area contributed by atoms with Crippen LogP contribution in [0.4, 0.5) is 5.69 Å². The summed E-state index contributed by atoms with van der Waals surface area (Å²) in [4.78, 5) is 16.2. The summed E-state index contributed by atoms with van der Waals surface area (Å²) in [6, 6.07) is 10.7. The first-order valence-corrected chi connectivity index (χ1v) is 10.5. The molecule has 0 aliphatic rings. The molecule has 0 amide bonds. The van der Waals surface area contributed by atoms with Gasteiger partial charge in [-0.15, -0.1) is 0 Å². The molecule has 2 aromatic heterocycles. The van der Waals surface area contributed by atoms with Crippen LogP contribution < -0.4 is 15.2 Å². The molecule has 0 unspecified atom stereocenters. The number of nitrogens with zero attached hydrogens (tertiary/aromatic N) is 3. The number of rotatable bonds is 7. The van der Waals surface area contributed by atoms with Crippen LogP contribution in [-0.4, -0.2) is 29.7 Å². The molecule has 0 radical (unpaired) electrons. The fraction of sp³-hybridized carbons (Fsp3) is 0.211. The molecule has 4 aromatic rings. The van der Waals surface area contributed by atoms with E-state index in [-0.39, 0.29) is 17.0 Å². The van der Waals surface area contributed by atoms with E-state index < -0.39 is 15.8 Å². The summed E-state index contributed by atoms with van der Waals surface area (Å²) in [7, 11) is -3.89. The van der Waals surface area contributed by atoms with Crippen molar-refractivity contribution in [2.24, 2.45) is 0 Å². The summed E-state index contributed by atoms with van der Waals surface area (Å²) in [6.07, 6.45) is 0. The molecule has 156 valence electrons. The van der Waals surface area contributed by atoms with Gasteiger partial charge in [-0.25, -0.2) is 13.2 Å². The minimum atomic E-state index is -3.89. The molecular weight excluding hydrogens is 412 g/mol. The summed E-state index contributed by atoms with van der Waals surface area (Å²) in [5.41, 5.74) is 0.933. The van der Waals surface area contributed by atoms with Crippen molar-refractivity contribution in [3.05, 3.63) is 64.7 Å². The lowest BCUT2D eigenvalue weighted by Crippen LogP contribution is -2.15. The fourth-order valence-electron chi connectivity index (χ4n) is 2.91. The minimum Gasteiger partial charge on any atom is -0.494 e. The first kappa shape index (κ1) is 19.7. The van der Waals surface area contributed by atoms with Crippen molar-refractivity contribution in [3.8, 4) is 5.75 Å². The lowest BCUT2D eigenvalue weighted by Gasteiger charge is -2.09. The molecule has 2 heterocycles. The monoisotopic (exact) mass is 430 g/mol. The third-order valence-corrected chi connectivity index (χ3v) is 5.62. The molecule has 30 heavy (non-hydrogen) atoms. The average Bonchev–Trinajstić information content (AvgIpc) is 3.26. The topological polar surface area (TPSA) is 129 Å². The van der Waals surface area contributed by atoms with Gasteiger partial charge in [0.05, 0.1) is 23.6 Å². The van der Waals surface area contributed by atoms with Crippen LogP contribution in [-0.2, 0) is 16.6 Å². The van der Waals surface area contributed by atoms with E-state index in [9.17, 15) is 13.2 Å². The summed E-state index contributed by atoms with van der Waals surface area (Å²) in [5, 5.41) is 3.76. The highest BCUT2D eigenvalue weighted by Crippen LogP contribution is 2.23. The van der Waals surface area contributed by atoms with Gasteiger partial charge in [-0.1, -0.05) is 5.16 Å². The molecule has 0 atom stereocenters. The SMILES string of the molecule is CCOc1ccc(NS(=O)(=O)c2ccc3c(c2)oc(=O)n3Cc2noc(C)n2)cc1. The summed E-state index contributed by atoms with van der Waals surface area (Å²) >= 11 is 0. The van der Waals surface area contributed by atoms with Crippen molar-refractivity contribution in [3.63, 3.8) is 0 Å². The zero-order valence-electron chi connectivity index (χ0n) is 16.2. The highest BCUT2D eigenvalue weighted by atomic mass is 32.2. The van der Waals surface area contributed by atoms with Crippen LogP contribution >= 0.6 is 0 Å². The van der Waals surface area contributed by atoms with Crippen molar-refractivity contribution < 1.29 is 22.1 Å². The Balaban J connectivity index is 1.61. The van der Waals surface area contributed by atoms with E-state index in [0.29, 0.717) is 35.3 Å². The van der Waals surface area contributed by atoms with Gasteiger partial charge in [-0.3, -0.25) is 9.29 Å². The standard InChI is InChI=1S/C19H18N4O6S/c1-3-27-14-6-4-13(5-7-14)22-30(25,26)15-8-9-16-17(10-15)28-19(24)23(16)11-18-20-12(2)29-21-18/h4-10,22H,3,11H2,1-2H3. The number of aromatic nitrogens is 3. The number of benzene rings is 2. The number of oxazole rings is 1. The minimum absolute atomic E-state index is 0.0414. The number of ether oxygens (including phenoxy) is 1. The van der Waals surface area contributed by atoms with Crippen LogP contribution in [0.3, 0.4) is 0 Å². The first-order chi connectivity index (χ1) is 14.4. The third-order valence-electron chi connectivity index (χ3n) is 4.24. The van der Waals surface area contributed by atoms with Crippen LogP contribution in [0.15, 0.2) is 61.1 Å². The number of hydrogen-bond acceptors (Lipinski definition) is 8. The van der Waals surface area contributed by atoms with Crippen LogP contribution in [0.2, 0.25) is 0 Å². The maximum absolute atomic E-state index is 12.7. The summed E-state index contributed by atoms with van der Waals surface area (Å²) in [5.74, 6) is 0.675. The van der Waals surface area contributed by atoms with Crippen LogP contribution in [0, 0.1) is 6.92 Å². The Labute approximate surface area is 171 Å². The highest BCUT2D eigenvalue weighted by Gasteiger charge is 2.19. The molecular formula is C19H18N4O6S. The molecule has 2 aromatic carbocycles. The van der Waals surface area contributed by atoms with Crippen molar-refractivity contribution in [2.75, 3.05) is 11.3 Å². The maximum Gasteiger partial charge on any atom is 0.420 e. The van der Waals surface area contributed by atoms with Gasteiger partial charge in [0.2, 0.25) is 5.89 Å². The second kappa shape index (κ2) is 7.67. The Morgan fingerprint density at radius 3 is 2.60 bits per heavy atom. The Kier molecular flexibility index (Phi) is 5.04. The molecule has 10 nitrogen and oxygen atoms in total. The zero-order valence-corrected chi connectivity index (χ0v) is 17.0. The van der Waals surface area contributed by atoms with E-state index in [0.717, 1.165) is 0 Å². The molecule has 0 bridgehead atoms. The van der Waals surface area contributed by atoms with E-state index in [1.807, 2.05) is 6.92 Å². The summed E-state index contributed by atoms with van der Waals surface area (Å²) < 4.78 is 44.7. The smallest absolute Gasteiger partial charge is 0.420 e. The molecule has 0 saturated heterocycles. The molecule has 0 spiro atoms. The van der Waals surface area contributed by atoms with E-state index in [1.165, 1.54) is 22.8 Å². The summed E-state index contributed by atoms with van der Waals surface area (Å²) in [6.45, 7) is 4.06. The van der Waals surface area contributed by atoms with Crippen molar-refractivity contribution in [2.45, 2.75) is 25.3 Å². The normalized spacial score (nSPS) is 11.7. The largest absolute Gasteiger partial charge is 0.494 e. The van der Waals surface area contributed by atoms with Crippen LogP contribution in [0.25, 0.3) is 11.1 Å². The lowest BCUT2D eigenvalue weighted by molar-refractivity contribution is 0.340. The molecule has 0 aliphatic heterocycles. The Hall–Kier alpha value is -3.60. The maximum atomic E-state index is 12.7. The van der Waals surface area contributed by atoms with E-state index in [2.05, 4.69) is 14.9 Å². The lowest BCUT2D eigenvalue weighted by atomic mass is 10.3. The van der Waals surface area contributed by atoms with E-state index in [4.69, 9.17) is 13.7 Å². The van der Waals surface area contributed by atoms with Crippen molar-refractivity contribution >= 4 is 26.8 Å². The molecule has 0 saturated carbocycles. The number of aryl methyl sites for hydroxylation is 1. The van der Waals surface area contributed by atoms with E-state index >= 15 is 0 Å². The second-order valence-electron chi connectivity index (χ2n) is 6.38. The Morgan fingerprint density at radius 2 is 1.93 bits per heavy atom. The Morgan fingerprint density at radius 1 is 1.17 bits per heavy atom. The molecule has 1 N–H and O–H groups in total. The predicted molar refractivity (Wildman–Crippen MR) is 107 cm³/mol. The number of hydrogen-bond donors (Lipinski definition) is 1. The van der Waals surface area contributed by atoms with Gasteiger partial charge >= 0.3 is 5.76 Å². The van der Waals surface area contributed by atoms with Crippen molar-refractivity contribution in [1.82, 2.24) is 14.7 Å². The first-order valence-electron chi connectivity index (χ1n) is 9.04. The zero-order chi connectivity index (χ0) is 21.3. The van der Waals surface area contributed by atoms with Gasteiger partial charge in [0.15, 0.2) is 11.4 Å². The van der Waals surface area contributed by atoms with Gasteiger partial charge in [0, 0.05) is 18.7 Å². The number of anilines is 1. The number of fused-ring (bicyclic) bond motifs is 1. The van der Waals surface area contributed by atoms with Gasteiger partial charge in [0.1, 0.15) is 5.75 Å². The highest BCUT2D eigenvalue weighted by molar-refractivity contribution is 7.92. The molecule has 0 fully saturated rings. The molecule has 4 rings (SSSR count). The molecule has 11 heteroatoms. The Bertz CT molecular complexity index is 1350. The predicted octanol–water partition coefficient (Wildman–Crippen LogP) is 2.53. The average molecular weight is 430 g/mol. The van der Waals surface area contributed by atoms with Crippen molar-refractivity contribution in [1.29, 1.82) is 0 Å². The van der Waals surface area contributed by atoms with Crippen LogP contribution in [0.5, 0.6) is 5.75 Å². The van der Waals surface area contributed by atoms with Gasteiger partial charge < -0.3 is 13.7 Å². The number of sulfonamides is 1. The van der Waals surface area contributed by atoms with Gasteiger partial charge in [-0.2, -0.15) is 4.98 Å². The van der Waals surface area contributed by atoms with Gasteiger partial charge in [-0.05, 0) is 43.3 Å². The molecule has 0 aliphatic carbocycles. The third kappa shape index (κ3) is 3.92. The fourth-order valence-corrected chi connectivity index (χ4v) is 3.98. The number of nitrogens with one attached hydrogen (secondary N) is 1. The van der Waals surface area contributed by atoms with Gasteiger partial charge in [0.25, 0.3) is 10.0 Å². The van der Waals surface area contributed by atoms with Crippen LogP contribution in [0.1, 0.15) is 18.6 Å². The quantitative estimate of drug-likeness (QED) is 0.473. The van der Waals surface area contributed by atoms with E-state index in [1.54, 1.807) is 31.2 Å².